The summed E-state index contributed by atoms with van der Waals surface area (Å²) in [5.74, 6) is -0.342. The lowest BCUT2D eigenvalue weighted by molar-refractivity contribution is -0.134. The minimum absolute atomic E-state index is 0.342. The number of esters is 1. The number of methoxy groups -OCH3 is 1. The van der Waals surface area contributed by atoms with E-state index in [0.29, 0.717) is 0 Å². The summed E-state index contributed by atoms with van der Waals surface area (Å²) in [4.78, 5) is 11.1. The van der Waals surface area contributed by atoms with Gasteiger partial charge in [0, 0.05) is 24.5 Å². The lowest BCUT2D eigenvalue weighted by Gasteiger charge is -2.06. The van der Waals surface area contributed by atoms with E-state index in [1.807, 2.05) is 31.2 Å². The van der Waals surface area contributed by atoms with E-state index in [1.165, 1.54) is 24.3 Å². The number of benzene rings is 1. The first kappa shape index (κ1) is 13.1. The summed E-state index contributed by atoms with van der Waals surface area (Å²) in [5, 5.41) is 0. The van der Waals surface area contributed by atoms with Crippen LogP contribution in [0.15, 0.2) is 48.7 Å². The number of carbonyl (C=O) groups excluding carboxylic acids is 1. The molecule has 1 heterocycles. The summed E-state index contributed by atoms with van der Waals surface area (Å²) in [7, 11) is 1.38. The Balaban J connectivity index is 2.21. The normalized spacial score (nSPS) is 10.8. The van der Waals surface area contributed by atoms with E-state index >= 15 is 0 Å². The molecule has 0 atom stereocenters. The number of ether oxygens (including phenoxy) is 1. The molecule has 3 nitrogen and oxygen atoms in total. The van der Waals surface area contributed by atoms with E-state index in [0.717, 1.165) is 12.2 Å². The van der Waals surface area contributed by atoms with Crippen LogP contribution in [0.5, 0.6) is 0 Å². The zero-order valence-electron chi connectivity index (χ0n) is 11.2. The van der Waals surface area contributed by atoms with Gasteiger partial charge in [0.2, 0.25) is 0 Å². The van der Waals surface area contributed by atoms with Crippen molar-refractivity contribution in [1.82, 2.24) is 4.57 Å². The smallest absolute Gasteiger partial charge is 0.330 e. The molecule has 0 spiro atoms. The fourth-order valence-electron chi connectivity index (χ4n) is 1.96. The maximum Gasteiger partial charge on any atom is 0.330 e. The number of rotatable bonds is 4. The molecular formula is C16H17NO2. The van der Waals surface area contributed by atoms with Crippen molar-refractivity contribution in [2.24, 2.45) is 0 Å². The van der Waals surface area contributed by atoms with Crippen molar-refractivity contribution in [3.63, 3.8) is 0 Å². The van der Waals surface area contributed by atoms with Crippen molar-refractivity contribution in [3.05, 3.63) is 65.5 Å². The number of aryl methyl sites for hydroxylation is 1. The van der Waals surface area contributed by atoms with Gasteiger partial charge in [0.15, 0.2) is 0 Å². The first-order valence-electron chi connectivity index (χ1n) is 6.16. The second-order valence-electron chi connectivity index (χ2n) is 4.41. The quantitative estimate of drug-likeness (QED) is 0.621. The minimum Gasteiger partial charge on any atom is -0.466 e. The standard InChI is InChI=1S/C16H17NO2/c1-13-10-15(8-9-16(18)19-2)17(11-13)12-14-6-4-3-5-7-14/h3-11H,12H2,1-2H3. The van der Waals surface area contributed by atoms with Crippen molar-refractivity contribution in [2.45, 2.75) is 13.5 Å². The molecule has 0 aliphatic rings. The van der Waals surface area contributed by atoms with Gasteiger partial charge in [0.05, 0.1) is 7.11 Å². The predicted molar refractivity (Wildman–Crippen MR) is 75.8 cm³/mol. The minimum atomic E-state index is -0.342. The van der Waals surface area contributed by atoms with E-state index in [1.54, 1.807) is 6.08 Å². The molecule has 0 amide bonds. The monoisotopic (exact) mass is 255 g/mol. The second-order valence-corrected chi connectivity index (χ2v) is 4.41. The fraction of sp³-hybridized carbons (Fsp3) is 0.188. The van der Waals surface area contributed by atoms with Gasteiger partial charge < -0.3 is 9.30 Å². The third-order valence-corrected chi connectivity index (χ3v) is 2.85. The lowest BCUT2D eigenvalue weighted by atomic mass is 10.2. The Morgan fingerprint density at radius 1 is 1.32 bits per heavy atom. The van der Waals surface area contributed by atoms with Crippen LogP contribution >= 0.6 is 0 Å². The van der Waals surface area contributed by atoms with Crippen molar-refractivity contribution in [2.75, 3.05) is 7.11 Å². The zero-order valence-corrected chi connectivity index (χ0v) is 11.2. The molecule has 2 aromatic rings. The van der Waals surface area contributed by atoms with Crippen molar-refractivity contribution >= 4 is 12.0 Å². The summed E-state index contributed by atoms with van der Waals surface area (Å²) >= 11 is 0. The van der Waals surface area contributed by atoms with Gasteiger partial charge in [-0.05, 0) is 30.2 Å². The summed E-state index contributed by atoms with van der Waals surface area (Å²) in [6.45, 7) is 2.83. The van der Waals surface area contributed by atoms with Crippen molar-refractivity contribution in [3.8, 4) is 0 Å². The highest BCUT2D eigenvalue weighted by atomic mass is 16.5. The molecule has 2 rings (SSSR count). The molecule has 0 N–H and O–H groups in total. The van der Waals surface area contributed by atoms with Crippen molar-refractivity contribution in [1.29, 1.82) is 0 Å². The molecule has 0 unspecified atom stereocenters. The summed E-state index contributed by atoms with van der Waals surface area (Å²) < 4.78 is 6.72. The maximum absolute atomic E-state index is 11.1. The molecular weight excluding hydrogens is 238 g/mol. The topological polar surface area (TPSA) is 31.2 Å². The molecule has 1 aromatic heterocycles. The molecule has 0 aliphatic carbocycles. The average molecular weight is 255 g/mol. The van der Waals surface area contributed by atoms with Crippen molar-refractivity contribution < 1.29 is 9.53 Å². The molecule has 0 bridgehead atoms. The number of carbonyl (C=O) groups is 1. The summed E-state index contributed by atoms with van der Waals surface area (Å²) in [6.07, 6.45) is 5.29. The van der Waals surface area contributed by atoms with E-state index in [4.69, 9.17) is 0 Å². The van der Waals surface area contributed by atoms with Crippen LogP contribution in [0.3, 0.4) is 0 Å². The highest BCUT2D eigenvalue weighted by Crippen LogP contribution is 2.13. The van der Waals surface area contributed by atoms with Crippen LogP contribution in [-0.4, -0.2) is 17.6 Å². The number of hydrogen-bond acceptors (Lipinski definition) is 2. The van der Waals surface area contributed by atoms with Gasteiger partial charge in [-0.2, -0.15) is 0 Å². The number of aromatic nitrogens is 1. The van der Waals surface area contributed by atoms with E-state index in [2.05, 4.69) is 27.6 Å². The predicted octanol–water partition coefficient (Wildman–Crippen LogP) is 3.03. The zero-order chi connectivity index (χ0) is 13.7. The first-order valence-corrected chi connectivity index (χ1v) is 6.16. The Kier molecular flexibility index (Phi) is 4.18. The van der Waals surface area contributed by atoms with Crippen LogP contribution in [0.4, 0.5) is 0 Å². The third kappa shape index (κ3) is 3.58. The highest BCUT2D eigenvalue weighted by molar-refractivity contribution is 5.86. The van der Waals surface area contributed by atoms with Gasteiger partial charge >= 0.3 is 5.97 Å². The molecule has 0 saturated carbocycles. The van der Waals surface area contributed by atoms with Crippen LogP contribution in [0.25, 0.3) is 6.08 Å². The van der Waals surface area contributed by atoms with E-state index in [9.17, 15) is 4.79 Å². The third-order valence-electron chi connectivity index (χ3n) is 2.85. The average Bonchev–Trinajstić information content (AvgIpc) is 2.77. The van der Waals surface area contributed by atoms with E-state index < -0.39 is 0 Å². The van der Waals surface area contributed by atoms with Gasteiger partial charge in [0.25, 0.3) is 0 Å². The molecule has 0 saturated heterocycles. The molecule has 19 heavy (non-hydrogen) atoms. The Bertz CT molecular complexity index is 582. The van der Waals surface area contributed by atoms with Crippen LogP contribution < -0.4 is 0 Å². The van der Waals surface area contributed by atoms with Crippen LogP contribution in [0.2, 0.25) is 0 Å². The number of nitrogens with zero attached hydrogens (tertiary/aromatic N) is 1. The second kappa shape index (κ2) is 6.05. The molecule has 1 aromatic carbocycles. The molecule has 0 aliphatic heterocycles. The Hall–Kier alpha value is -2.29. The summed E-state index contributed by atoms with van der Waals surface area (Å²) in [5.41, 5.74) is 3.39. The first-order chi connectivity index (χ1) is 9.19. The van der Waals surface area contributed by atoms with Gasteiger partial charge in [-0.15, -0.1) is 0 Å². The number of hydrogen-bond donors (Lipinski definition) is 0. The highest BCUT2D eigenvalue weighted by Gasteiger charge is 2.02. The Morgan fingerprint density at radius 2 is 2.05 bits per heavy atom. The summed E-state index contributed by atoms with van der Waals surface area (Å²) in [6, 6.07) is 12.3. The molecule has 3 heteroatoms. The lowest BCUT2D eigenvalue weighted by Crippen LogP contribution is -2.00. The fourth-order valence-corrected chi connectivity index (χ4v) is 1.96. The van der Waals surface area contributed by atoms with Crippen LogP contribution in [0, 0.1) is 6.92 Å². The van der Waals surface area contributed by atoms with Gasteiger partial charge in [-0.25, -0.2) is 4.79 Å². The SMILES string of the molecule is COC(=O)C=Cc1cc(C)cn1Cc1ccccc1. The molecule has 0 fully saturated rings. The van der Waals surface area contributed by atoms with Gasteiger partial charge in [-0.1, -0.05) is 30.3 Å². The van der Waals surface area contributed by atoms with Gasteiger partial charge in [-0.3, -0.25) is 0 Å². The van der Waals surface area contributed by atoms with Crippen LogP contribution in [-0.2, 0) is 16.1 Å². The Labute approximate surface area is 113 Å². The Morgan fingerprint density at radius 3 is 2.74 bits per heavy atom. The molecule has 0 radical (unpaired) electrons. The van der Waals surface area contributed by atoms with E-state index in [-0.39, 0.29) is 5.97 Å². The van der Waals surface area contributed by atoms with Crippen LogP contribution in [0.1, 0.15) is 16.8 Å². The largest absolute Gasteiger partial charge is 0.466 e. The molecule has 98 valence electrons. The maximum atomic E-state index is 11.1. The van der Waals surface area contributed by atoms with Gasteiger partial charge in [0.1, 0.15) is 0 Å².